The highest BCUT2D eigenvalue weighted by Gasteiger charge is 2.51. The Bertz CT molecular complexity index is 3430. The van der Waals surface area contributed by atoms with Crippen molar-refractivity contribution in [1.29, 1.82) is 0 Å². The number of phenols is 2. The Labute approximate surface area is 513 Å². The summed E-state index contributed by atoms with van der Waals surface area (Å²) in [5.74, 6) is -11.5. The number of aliphatic hydroxyl groups is 3. The maximum atomic E-state index is 14.1. The molecule has 3 aromatic rings. The van der Waals surface area contributed by atoms with E-state index in [9.17, 15) is 78.3 Å². The predicted octanol–water partition coefficient (Wildman–Crippen LogP) is -1.30. The molecule has 11 atom stereocenters. The number of nitrogens with two attached hydrogens (primary N) is 4. The molecule has 0 bridgehead atoms. The van der Waals surface area contributed by atoms with E-state index in [4.69, 9.17) is 37.1 Å². The van der Waals surface area contributed by atoms with Crippen molar-refractivity contribution in [2.45, 2.75) is 139 Å². The molecule has 2 aliphatic heterocycles. The second-order valence-corrected chi connectivity index (χ2v) is 23.2. The van der Waals surface area contributed by atoms with E-state index in [0.29, 0.717) is 6.42 Å². The zero-order chi connectivity index (χ0) is 65.5. The lowest BCUT2D eigenvalue weighted by atomic mass is 9.72. The summed E-state index contributed by atoms with van der Waals surface area (Å²) in [5.41, 5.74) is 17.7. The van der Waals surface area contributed by atoms with Crippen LogP contribution in [0.5, 0.6) is 17.2 Å². The van der Waals surface area contributed by atoms with Crippen LogP contribution in [0.2, 0.25) is 0 Å². The number of methoxy groups -OCH3 is 1. The Morgan fingerprint density at radius 2 is 1.57 bits per heavy atom. The highest BCUT2D eigenvalue weighted by molar-refractivity contribution is 8.04. The number of carbonyl (C=O) groups excluding carboxylic acids is 11. The van der Waals surface area contributed by atoms with Gasteiger partial charge in [-0.25, -0.2) is 4.90 Å². The van der Waals surface area contributed by atoms with Crippen LogP contribution in [0.15, 0.2) is 58.4 Å². The summed E-state index contributed by atoms with van der Waals surface area (Å²) in [6.45, 7) is 5.19. The quantitative estimate of drug-likeness (QED) is 0.0108. The van der Waals surface area contributed by atoms with E-state index in [-0.39, 0.29) is 106 Å². The molecular weight excluding hydrogens is 1180 g/mol. The van der Waals surface area contributed by atoms with Crippen molar-refractivity contribution in [2.24, 2.45) is 33.8 Å². The van der Waals surface area contributed by atoms with Gasteiger partial charge in [0.1, 0.15) is 47.6 Å². The van der Waals surface area contributed by atoms with Crippen LogP contribution in [0.3, 0.4) is 0 Å². The number of anilines is 1. The summed E-state index contributed by atoms with van der Waals surface area (Å²) in [7, 11) is 1.27. The van der Waals surface area contributed by atoms with Gasteiger partial charge in [-0.2, -0.15) is 0 Å². The third-order valence-corrected chi connectivity index (χ3v) is 17.1. The first kappa shape index (κ1) is 67.9. The third-order valence-electron chi connectivity index (χ3n) is 15.9. The molecule has 3 aromatic carbocycles. The zero-order valence-corrected chi connectivity index (χ0v) is 50.1. The number of nitrogens with one attached hydrogen (secondary N) is 4. The van der Waals surface area contributed by atoms with Crippen LogP contribution in [0.4, 0.5) is 5.69 Å². The Morgan fingerprint density at radius 1 is 0.910 bits per heavy atom. The summed E-state index contributed by atoms with van der Waals surface area (Å²) in [6, 6.07) is 3.24. The van der Waals surface area contributed by atoms with Crippen LogP contribution in [0, 0.1) is 5.92 Å². The van der Waals surface area contributed by atoms with Crippen molar-refractivity contribution in [3.8, 4) is 17.2 Å². The summed E-state index contributed by atoms with van der Waals surface area (Å²) >= 11 is 0.740. The van der Waals surface area contributed by atoms with Crippen LogP contribution in [0.1, 0.15) is 132 Å². The number of carbonyl (C=O) groups is 11. The van der Waals surface area contributed by atoms with Gasteiger partial charge in [-0.15, -0.1) is 11.8 Å². The second-order valence-electron chi connectivity index (χ2n) is 22.1. The summed E-state index contributed by atoms with van der Waals surface area (Å²) < 4.78 is 17.6. The van der Waals surface area contributed by atoms with Crippen LogP contribution in [-0.2, 0) is 54.3 Å². The fourth-order valence-electron chi connectivity index (χ4n) is 11.0. The number of hydrogen-bond acceptors (Lipinski definition) is 22. The molecule has 0 spiro atoms. The molecule has 4 aliphatic rings. The first-order valence-electron chi connectivity index (χ1n) is 28.4. The van der Waals surface area contributed by atoms with Crippen molar-refractivity contribution in [3.05, 3.63) is 92.4 Å². The van der Waals surface area contributed by atoms with E-state index in [1.165, 1.54) is 63.4 Å². The van der Waals surface area contributed by atoms with Gasteiger partial charge in [0.2, 0.25) is 29.4 Å². The van der Waals surface area contributed by atoms with Crippen molar-refractivity contribution >= 4 is 87.9 Å². The lowest BCUT2D eigenvalue weighted by Crippen LogP contribution is -2.57. The molecule has 7 rings (SSSR count). The number of Topliss-reactive ketones (excluding diaryl/α,β-unsaturated/α-hetero) is 2. The molecular formula is C59H72N10O19S. The number of amides is 7. The van der Waals surface area contributed by atoms with Gasteiger partial charge >= 0.3 is 0 Å². The normalized spacial score (nSPS) is 22.0. The average molecular weight is 1260 g/mol. The van der Waals surface area contributed by atoms with E-state index in [0.717, 1.165) is 22.7 Å². The summed E-state index contributed by atoms with van der Waals surface area (Å²) in [5, 5.41) is 67.1. The Kier molecular flexibility index (Phi) is 21.9. The minimum absolute atomic E-state index is 0.00237. The molecule has 29 nitrogen and oxygen atoms in total. The molecule has 0 saturated carbocycles. The molecule has 1 saturated heterocycles. The highest BCUT2D eigenvalue weighted by atomic mass is 32.2. The summed E-state index contributed by atoms with van der Waals surface area (Å²) in [6.07, 6.45) is -6.33. The van der Waals surface area contributed by atoms with Crippen LogP contribution < -0.4 is 53.8 Å². The third kappa shape index (κ3) is 14.9. The molecule has 478 valence electrons. The fourth-order valence-corrected chi connectivity index (χ4v) is 11.9. The number of ketones is 4. The topological polar surface area (TPSA) is 484 Å². The lowest BCUT2D eigenvalue weighted by Gasteiger charge is -2.43. The van der Waals surface area contributed by atoms with Gasteiger partial charge in [-0.05, 0) is 63.3 Å². The largest absolute Gasteiger partial charge is 0.507 e. The number of phenolic OH excluding ortho intramolecular Hbond substituents is 2. The molecule has 1 fully saturated rings. The number of rotatable bonds is 27. The molecule has 2 aliphatic carbocycles. The molecule has 89 heavy (non-hydrogen) atoms. The number of primary amides is 1. The first-order valence-corrected chi connectivity index (χ1v) is 29.4. The van der Waals surface area contributed by atoms with Crippen molar-refractivity contribution in [2.75, 3.05) is 30.9 Å². The van der Waals surface area contributed by atoms with Gasteiger partial charge in [-0.1, -0.05) is 38.5 Å². The second kappa shape index (κ2) is 28.7. The van der Waals surface area contributed by atoms with E-state index < -0.39 is 161 Å². The van der Waals surface area contributed by atoms with Gasteiger partial charge in [0.25, 0.3) is 17.7 Å². The first-order chi connectivity index (χ1) is 42.0. The SMILES string of the molecule is CCC(C)[C@H](NC(=O)[C@H](CCC(N)=O)NC(=O)[C@H](CCCN=C(N)N)NC(=O)[C@@H](N)CSC1=CC(=O)N(c2cccc(C(=O)N[C@H]3CC(O[C@H]4C[C@](O)(C(=O)CO)Cc5c(O)c6c(c(O)c54)C(=O)c4c(OC)cccc4C6=O)O[C@@H](C)[C@H]3O)c2)C1=O)C(C)=O. The number of fused-ring (bicyclic) bond motifs is 3. The van der Waals surface area contributed by atoms with E-state index in [1.807, 2.05) is 6.92 Å². The number of imide groups is 1. The number of aliphatic hydroxyl groups excluding tert-OH is 2. The van der Waals surface area contributed by atoms with E-state index in [2.05, 4.69) is 26.3 Å². The number of aromatic hydroxyl groups is 2. The van der Waals surface area contributed by atoms with Gasteiger partial charge < -0.3 is 83.9 Å². The van der Waals surface area contributed by atoms with Gasteiger partial charge in [0, 0.05) is 66.3 Å². The Balaban J connectivity index is 1.02. The number of hydrogen-bond donors (Lipinski definition) is 13. The van der Waals surface area contributed by atoms with Crippen molar-refractivity contribution in [3.63, 3.8) is 0 Å². The van der Waals surface area contributed by atoms with Crippen molar-refractivity contribution in [1.82, 2.24) is 21.3 Å². The molecule has 7 amide bonds. The Hall–Kier alpha value is -8.65. The van der Waals surface area contributed by atoms with E-state index >= 15 is 0 Å². The molecule has 0 aromatic heterocycles. The standard InChI is InChI=1S/C59H72N10O19S/c1-6-25(2)47(26(3)71)68-56(83)34(15-16-40(61)73)66-55(82)33(13-9-17-64-58(62)63)65-54(81)32(60)24-89-38-20-41(74)69(57(38)84)29-11-7-10-28(18-29)53(80)67-35-19-42(87-27(4)48(35)75)88-37-22-59(85,39(72)23-70)21-31-44(37)52(79)46-45(50(31)77)49(76)30-12-8-14-36(86-5)43(30)51(46)78/h7-8,10-12,14,18,20,25,27,32-35,37,42,47-48,70,75,77,79,85H,6,9,13,15-17,19,21-24,60H2,1-5H3,(H2,61,73)(H,65,81)(H,66,82)(H,67,80)(H,68,83)(H4,62,63,64)/t25?,27-,32-,33-,34-,35-,37-,42?,47-,48+,59-/m0/s1. The van der Waals surface area contributed by atoms with Gasteiger partial charge in [0.05, 0.1) is 64.7 Å². The molecule has 2 unspecified atom stereocenters. The average Bonchev–Trinajstić information content (AvgIpc) is 1.22. The number of nitrogens with zero attached hydrogens (tertiary/aromatic N) is 2. The Morgan fingerprint density at radius 3 is 2.22 bits per heavy atom. The minimum Gasteiger partial charge on any atom is -0.507 e. The maximum absolute atomic E-state index is 14.1. The number of guanidine groups is 1. The minimum atomic E-state index is -2.46. The monoisotopic (exact) mass is 1260 g/mol. The molecule has 0 radical (unpaired) electrons. The van der Waals surface area contributed by atoms with Gasteiger partial charge in [0.15, 0.2) is 29.6 Å². The molecule has 30 heteroatoms. The molecule has 17 N–H and O–H groups in total. The maximum Gasteiger partial charge on any atom is 0.271 e. The van der Waals surface area contributed by atoms with Crippen molar-refractivity contribution < 1.29 is 92.5 Å². The number of thioether (sulfide) groups is 1. The lowest BCUT2D eigenvalue weighted by molar-refractivity contribution is -0.249. The number of aliphatic imine (C=N–C) groups is 1. The highest BCUT2D eigenvalue weighted by Crippen LogP contribution is 2.53. The van der Waals surface area contributed by atoms with Crippen LogP contribution in [-0.4, -0.2) is 176 Å². The van der Waals surface area contributed by atoms with Crippen LogP contribution >= 0.6 is 11.8 Å². The predicted molar refractivity (Wildman–Crippen MR) is 317 cm³/mol. The van der Waals surface area contributed by atoms with E-state index in [1.54, 1.807) is 6.92 Å². The summed E-state index contributed by atoms with van der Waals surface area (Å²) in [4.78, 5) is 152. The zero-order valence-electron chi connectivity index (χ0n) is 49.2. The number of benzene rings is 3. The molecule has 2 heterocycles. The number of ether oxygens (including phenoxy) is 3. The van der Waals surface area contributed by atoms with Gasteiger partial charge in [-0.3, -0.25) is 57.7 Å². The fraction of sp³-hybridized carbons (Fsp3) is 0.458. The smallest absolute Gasteiger partial charge is 0.271 e. The van der Waals surface area contributed by atoms with Crippen LogP contribution in [0.25, 0.3) is 0 Å².